The maximum atomic E-state index is 5.78. The van der Waals surface area contributed by atoms with Crippen molar-refractivity contribution in [2.45, 2.75) is 26.2 Å². The normalized spacial score (nSPS) is 10.5. The number of rotatable bonds is 8. The molecule has 4 nitrogen and oxygen atoms in total. The number of nitrogen functional groups attached to an aromatic ring is 1. The molecular formula is C12H20ClN3O. The van der Waals surface area contributed by atoms with Crippen LogP contribution in [-0.2, 0) is 4.74 Å². The van der Waals surface area contributed by atoms with Crippen molar-refractivity contribution in [2.75, 3.05) is 30.8 Å². The Labute approximate surface area is 108 Å². The fourth-order valence-corrected chi connectivity index (χ4v) is 1.46. The molecule has 0 aromatic carbocycles. The predicted octanol–water partition coefficient (Wildman–Crippen LogP) is 2.94. The van der Waals surface area contributed by atoms with Crippen molar-refractivity contribution in [3.8, 4) is 0 Å². The van der Waals surface area contributed by atoms with E-state index in [-0.39, 0.29) is 0 Å². The zero-order valence-corrected chi connectivity index (χ0v) is 11.0. The topological polar surface area (TPSA) is 60.2 Å². The monoisotopic (exact) mass is 257 g/mol. The molecule has 0 radical (unpaired) electrons. The third-order valence-corrected chi connectivity index (χ3v) is 2.50. The standard InChI is InChI=1S/C12H20ClN3O/c1-2-3-8-17-9-4-7-15-12-10(14)5-6-11(13)16-12/h5-6H,2-4,7-9,14H2,1H3,(H,15,16). The Morgan fingerprint density at radius 1 is 1.35 bits per heavy atom. The SMILES string of the molecule is CCCCOCCCNc1nc(Cl)ccc1N. The van der Waals surface area contributed by atoms with E-state index >= 15 is 0 Å². The van der Waals surface area contributed by atoms with Gasteiger partial charge in [-0.25, -0.2) is 4.98 Å². The van der Waals surface area contributed by atoms with Crippen LogP contribution in [-0.4, -0.2) is 24.7 Å². The molecule has 1 aromatic heterocycles. The summed E-state index contributed by atoms with van der Waals surface area (Å²) in [6.45, 7) is 4.53. The van der Waals surface area contributed by atoms with E-state index in [4.69, 9.17) is 22.1 Å². The minimum absolute atomic E-state index is 0.445. The lowest BCUT2D eigenvalue weighted by Gasteiger charge is -2.08. The number of hydrogen-bond acceptors (Lipinski definition) is 4. The van der Waals surface area contributed by atoms with Crippen LogP contribution >= 0.6 is 11.6 Å². The van der Waals surface area contributed by atoms with E-state index in [1.54, 1.807) is 12.1 Å². The lowest BCUT2D eigenvalue weighted by atomic mass is 10.3. The van der Waals surface area contributed by atoms with Crippen LogP contribution in [0.5, 0.6) is 0 Å². The number of nitrogens with two attached hydrogens (primary N) is 1. The molecule has 1 aromatic rings. The fraction of sp³-hybridized carbons (Fsp3) is 0.583. The van der Waals surface area contributed by atoms with Gasteiger partial charge in [-0.2, -0.15) is 0 Å². The van der Waals surface area contributed by atoms with Gasteiger partial charge >= 0.3 is 0 Å². The fourth-order valence-electron chi connectivity index (χ4n) is 1.32. The average Bonchev–Trinajstić information content (AvgIpc) is 2.32. The average molecular weight is 258 g/mol. The lowest BCUT2D eigenvalue weighted by molar-refractivity contribution is 0.131. The van der Waals surface area contributed by atoms with Gasteiger partial charge in [0, 0.05) is 19.8 Å². The minimum Gasteiger partial charge on any atom is -0.396 e. The highest BCUT2D eigenvalue weighted by Gasteiger charge is 2.00. The highest BCUT2D eigenvalue weighted by molar-refractivity contribution is 6.29. The molecule has 0 aliphatic heterocycles. The summed E-state index contributed by atoms with van der Waals surface area (Å²) in [4.78, 5) is 4.11. The van der Waals surface area contributed by atoms with Gasteiger partial charge in [-0.3, -0.25) is 0 Å². The molecule has 0 aliphatic rings. The number of hydrogen-bond donors (Lipinski definition) is 2. The Bertz CT molecular complexity index is 334. The number of ether oxygens (including phenoxy) is 1. The van der Waals surface area contributed by atoms with Gasteiger partial charge in [0.15, 0.2) is 5.82 Å². The lowest BCUT2D eigenvalue weighted by Crippen LogP contribution is -2.09. The van der Waals surface area contributed by atoms with Crippen molar-refractivity contribution in [2.24, 2.45) is 0 Å². The molecule has 0 fully saturated rings. The minimum atomic E-state index is 0.445. The predicted molar refractivity (Wildman–Crippen MR) is 72.5 cm³/mol. The van der Waals surface area contributed by atoms with Crippen LogP contribution in [0.3, 0.4) is 0 Å². The summed E-state index contributed by atoms with van der Waals surface area (Å²) in [5.74, 6) is 0.644. The van der Waals surface area contributed by atoms with Crippen LogP contribution in [0.2, 0.25) is 5.15 Å². The quantitative estimate of drug-likeness (QED) is 0.555. The zero-order valence-electron chi connectivity index (χ0n) is 10.2. The van der Waals surface area contributed by atoms with Gasteiger partial charge < -0.3 is 15.8 Å². The molecule has 0 unspecified atom stereocenters. The van der Waals surface area contributed by atoms with E-state index in [0.29, 0.717) is 16.7 Å². The first-order chi connectivity index (χ1) is 8.24. The summed E-state index contributed by atoms with van der Waals surface area (Å²) < 4.78 is 5.45. The maximum Gasteiger partial charge on any atom is 0.150 e. The molecular weight excluding hydrogens is 238 g/mol. The Kier molecular flexibility index (Phi) is 6.74. The third-order valence-electron chi connectivity index (χ3n) is 2.29. The first-order valence-electron chi connectivity index (χ1n) is 5.97. The maximum absolute atomic E-state index is 5.78. The second-order valence-corrected chi connectivity index (χ2v) is 4.21. The second-order valence-electron chi connectivity index (χ2n) is 3.82. The Balaban J connectivity index is 2.15. The summed E-state index contributed by atoms with van der Waals surface area (Å²) in [6.07, 6.45) is 3.22. The van der Waals surface area contributed by atoms with Crippen molar-refractivity contribution in [3.05, 3.63) is 17.3 Å². The Hall–Kier alpha value is -1.00. The number of halogens is 1. The van der Waals surface area contributed by atoms with E-state index in [2.05, 4.69) is 17.2 Å². The second kappa shape index (κ2) is 8.14. The number of nitrogens with one attached hydrogen (secondary N) is 1. The van der Waals surface area contributed by atoms with Crippen LogP contribution < -0.4 is 11.1 Å². The van der Waals surface area contributed by atoms with E-state index in [1.165, 1.54) is 6.42 Å². The van der Waals surface area contributed by atoms with Crippen molar-refractivity contribution in [1.29, 1.82) is 0 Å². The highest BCUT2D eigenvalue weighted by atomic mass is 35.5. The molecule has 0 saturated carbocycles. The van der Waals surface area contributed by atoms with Gasteiger partial charge in [-0.15, -0.1) is 0 Å². The van der Waals surface area contributed by atoms with Gasteiger partial charge in [-0.05, 0) is 25.0 Å². The summed E-state index contributed by atoms with van der Waals surface area (Å²) in [6, 6.07) is 3.42. The summed E-state index contributed by atoms with van der Waals surface area (Å²) >= 11 is 5.78. The van der Waals surface area contributed by atoms with Crippen LogP contribution in [0.4, 0.5) is 11.5 Å². The van der Waals surface area contributed by atoms with Crippen molar-refractivity contribution >= 4 is 23.1 Å². The van der Waals surface area contributed by atoms with E-state index in [0.717, 1.165) is 32.6 Å². The summed E-state index contributed by atoms with van der Waals surface area (Å²) in [7, 11) is 0. The molecule has 0 saturated heterocycles. The molecule has 96 valence electrons. The van der Waals surface area contributed by atoms with Gasteiger partial charge in [0.2, 0.25) is 0 Å². The molecule has 0 aliphatic carbocycles. The molecule has 1 rings (SSSR count). The number of nitrogens with zero attached hydrogens (tertiary/aromatic N) is 1. The van der Waals surface area contributed by atoms with Crippen molar-refractivity contribution < 1.29 is 4.74 Å². The van der Waals surface area contributed by atoms with Crippen LogP contribution in [0, 0.1) is 0 Å². The van der Waals surface area contributed by atoms with E-state index < -0.39 is 0 Å². The molecule has 0 bridgehead atoms. The first kappa shape index (κ1) is 14.1. The van der Waals surface area contributed by atoms with Gasteiger partial charge in [0.05, 0.1) is 5.69 Å². The first-order valence-corrected chi connectivity index (χ1v) is 6.35. The van der Waals surface area contributed by atoms with Gasteiger partial charge in [0.25, 0.3) is 0 Å². The van der Waals surface area contributed by atoms with Crippen LogP contribution in [0.1, 0.15) is 26.2 Å². The van der Waals surface area contributed by atoms with Crippen LogP contribution in [0.15, 0.2) is 12.1 Å². The molecule has 1 heterocycles. The summed E-state index contributed by atoms with van der Waals surface area (Å²) in [5, 5.41) is 3.59. The van der Waals surface area contributed by atoms with Crippen LogP contribution in [0.25, 0.3) is 0 Å². The van der Waals surface area contributed by atoms with E-state index in [1.807, 2.05) is 0 Å². The molecule has 3 N–H and O–H groups in total. The number of unbranched alkanes of at least 4 members (excludes halogenated alkanes) is 1. The number of aromatic nitrogens is 1. The highest BCUT2D eigenvalue weighted by Crippen LogP contribution is 2.17. The largest absolute Gasteiger partial charge is 0.396 e. The Morgan fingerprint density at radius 3 is 2.88 bits per heavy atom. The molecule has 0 atom stereocenters. The smallest absolute Gasteiger partial charge is 0.150 e. The Morgan fingerprint density at radius 2 is 2.12 bits per heavy atom. The zero-order chi connectivity index (χ0) is 12.5. The molecule has 17 heavy (non-hydrogen) atoms. The van der Waals surface area contributed by atoms with Crippen molar-refractivity contribution in [3.63, 3.8) is 0 Å². The van der Waals surface area contributed by atoms with Gasteiger partial charge in [-0.1, -0.05) is 24.9 Å². The van der Waals surface area contributed by atoms with Gasteiger partial charge in [0.1, 0.15) is 5.15 Å². The third kappa shape index (κ3) is 5.75. The van der Waals surface area contributed by atoms with Crippen molar-refractivity contribution in [1.82, 2.24) is 4.98 Å². The molecule has 0 spiro atoms. The molecule has 5 heteroatoms. The molecule has 0 amide bonds. The summed E-state index contributed by atoms with van der Waals surface area (Å²) in [5.41, 5.74) is 6.37. The number of pyridine rings is 1. The van der Waals surface area contributed by atoms with E-state index in [9.17, 15) is 0 Å². The number of anilines is 2.